The molecule has 2 atom stereocenters. The molecule has 0 radical (unpaired) electrons. The molecule has 0 bridgehead atoms. The molecule has 0 aromatic heterocycles. The first-order chi connectivity index (χ1) is 11.4. The Hall–Kier alpha value is -1.35. The molecule has 1 heterocycles. The first kappa shape index (κ1) is 17.5. The highest BCUT2D eigenvalue weighted by molar-refractivity contribution is 5.79. The SMILES string of the molecule is CO[C@@H]1CCC[C@@]12CCCN(C(=O)Cc1c(C)cc(C)cc1C)C2. The van der Waals surface area contributed by atoms with Gasteiger partial charge in [0.1, 0.15) is 0 Å². The van der Waals surface area contributed by atoms with E-state index < -0.39 is 0 Å². The van der Waals surface area contributed by atoms with E-state index in [2.05, 4.69) is 37.8 Å². The van der Waals surface area contributed by atoms with Crippen molar-refractivity contribution in [1.29, 1.82) is 0 Å². The van der Waals surface area contributed by atoms with Crippen molar-refractivity contribution in [2.45, 2.75) is 65.4 Å². The van der Waals surface area contributed by atoms with Gasteiger partial charge in [0.25, 0.3) is 0 Å². The number of benzene rings is 1. The fourth-order valence-corrected chi connectivity index (χ4v) is 5.07. The van der Waals surface area contributed by atoms with Crippen LogP contribution in [0.25, 0.3) is 0 Å². The molecule has 1 aromatic rings. The van der Waals surface area contributed by atoms with Crippen LogP contribution in [0.15, 0.2) is 12.1 Å². The first-order valence-corrected chi connectivity index (χ1v) is 9.32. The van der Waals surface area contributed by atoms with Crippen molar-refractivity contribution >= 4 is 5.91 Å². The van der Waals surface area contributed by atoms with Gasteiger partial charge < -0.3 is 9.64 Å². The minimum atomic E-state index is 0.208. The average molecular weight is 329 g/mol. The summed E-state index contributed by atoms with van der Waals surface area (Å²) >= 11 is 0. The standard InChI is InChI=1S/C21H31NO2/c1-15-11-16(2)18(17(3)12-15)13-20(23)22-10-6-9-21(14-22)8-5-7-19(21)24-4/h11-12,19H,5-10,13-14H2,1-4H3/t19-,21+/m1/s1. The van der Waals surface area contributed by atoms with Gasteiger partial charge in [0, 0.05) is 25.6 Å². The van der Waals surface area contributed by atoms with Crippen molar-refractivity contribution in [3.05, 3.63) is 34.4 Å². The van der Waals surface area contributed by atoms with Gasteiger partial charge in [-0.1, -0.05) is 24.1 Å². The third-order valence-corrected chi connectivity index (χ3v) is 6.24. The molecule has 1 aliphatic heterocycles. The number of piperidine rings is 1. The summed E-state index contributed by atoms with van der Waals surface area (Å²) < 4.78 is 5.76. The van der Waals surface area contributed by atoms with Crippen LogP contribution in [0.3, 0.4) is 0 Å². The van der Waals surface area contributed by atoms with Gasteiger partial charge in [-0.25, -0.2) is 0 Å². The molecule has 24 heavy (non-hydrogen) atoms. The van der Waals surface area contributed by atoms with Gasteiger partial charge in [-0.2, -0.15) is 0 Å². The van der Waals surface area contributed by atoms with Crippen molar-refractivity contribution in [3.8, 4) is 0 Å². The maximum Gasteiger partial charge on any atom is 0.227 e. The van der Waals surface area contributed by atoms with Gasteiger partial charge >= 0.3 is 0 Å². The second-order valence-electron chi connectivity index (χ2n) is 7.95. The number of hydrogen-bond acceptors (Lipinski definition) is 2. The molecule has 3 nitrogen and oxygen atoms in total. The number of carbonyl (C=O) groups is 1. The lowest BCUT2D eigenvalue weighted by atomic mass is 9.76. The van der Waals surface area contributed by atoms with Crippen LogP contribution in [0.2, 0.25) is 0 Å². The quantitative estimate of drug-likeness (QED) is 0.840. The molecular weight excluding hydrogens is 298 g/mol. The maximum atomic E-state index is 13.0. The summed E-state index contributed by atoms with van der Waals surface area (Å²) in [5.74, 6) is 0.283. The Morgan fingerprint density at radius 2 is 1.88 bits per heavy atom. The van der Waals surface area contributed by atoms with Crippen LogP contribution in [0.1, 0.15) is 54.4 Å². The largest absolute Gasteiger partial charge is 0.381 e. The summed E-state index contributed by atoms with van der Waals surface area (Å²) in [6, 6.07) is 4.37. The molecule has 3 heteroatoms. The van der Waals surface area contributed by atoms with Gasteiger partial charge in [-0.15, -0.1) is 0 Å². The lowest BCUT2D eigenvalue weighted by Crippen LogP contribution is -2.50. The zero-order valence-corrected chi connectivity index (χ0v) is 15.7. The lowest BCUT2D eigenvalue weighted by Gasteiger charge is -2.43. The summed E-state index contributed by atoms with van der Waals surface area (Å²) in [6.07, 6.45) is 6.76. The number of aryl methyl sites for hydroxylation is 3. The van der Waals surface area contributed by atoms with Crippen molar-refractivity contribution in [2.24, 2.45) is 5.41 Å². The second kappa shape index (κ2) is 6.87. The smallest absolute Gasteiger partial charge is 0.227 e. The number of rotatable bonds is 3. The molecule has 1 aliphatic carbocycles. The zero-order chi connectivity index (χ0) is 17.3. The van der Waals surface area contributed by atoms with E-state index in [9.17, 15) is 4.79 Å². The summed E-state index contributed by atoms with van der Waals surface area (Å²) in [5, 5.41) is 0. The molecule has 132 valence electrons. The minimum absolute atomic E-state index is 0.208. The first-order valence-electron chi connectivity index (χ1n) is 9.32. The Labute approximate surface area is 146 Å². The van der Waals surface area contributed by atoms with E-state index >= 15 is 0 Å². The molecule has 3 rings (SSSR count). The average Bonchev–Trinajstić information content (AvgIpc) is 2.92. The highest BCUT2D eigenvalue weighted by Crippen LogP contribution is 2.46. The Balaban J connectivity index is 1.74. The second-order valence-corrected chi connectivity index (χ2v) is 7.95. The van der Waals surface area contributed by atoms with Crippen LogP contribution in [0.4, 0.5) is 0 Å². The van der Waals surface area contributed by atoms with E-state index in [1.54, 1.807) is 0 Å². The molecule has 1 aromatic carbocycles. The molecule has 0 unspecified atom stereocenters. The van der Waals surface area contributed by atoms with Gasteiger partial charge in [0.05, 0.1) is 12.5 Å². The molecule has 1 saturated heterocycles. The van der Waals surface area contributed by atoms with E-state index in [0.717, 1.165) is 25.9 Å². The van der Waals surface area contributed by atoms with Crippen molar-refractivity contribution in [3.63, 3.8) is 0 Å². The summed E-state index contributed by atoms with van der Waals surface area (Å²) in [7, 11) is 1.83. The van der Waals surface area contributed by atoms with Crippen LogP contribution in [0, 0.1) is 26.2 Å². The van der Waals surface area contributed by atoms with E-state index in [4.69, 9.17) is 4.74 Å². The van der Waals surface area contributed by atoms with Crippen LogP contribution >= 0.6 is 0 Å². The topological polar surface area (TPSA) is 29.5 Å². The number of ether oxygens (including phenoxy) is 1. The third kappa shape index (κ3) is 3.23. The summed E-state index contributed by atoms with van der Waals surface area (Å²) in [5.41, 5.74) is 5.17. The molecule has 1 spiro atoms. The number of hydrogen-bond donors (Lipinski definition) is 0. The van der Waals surface area contributed by atoms with Crippen LogP contribution in [0.5, 0.6) is 0 Å². The highest BCUT2D eigenvalue weighted by atomic mass is 16.5. The number of nitrogens with zero attached hydrogens (tertiary/aromatic N) is 1. The summed E-state index contributed by atoms with van der Waals surface area (Å²) in [4.78, 5) is 15.1. The Bertz CT molecular complexity index is 601. The minimum Gasteiger partial charge on any atom is -0.381 e. The number of amides is 1. The number of likely N-dealkylation sites (tertiary alicyclic amines) is 1. The van der Waals surface area contributed by atoms with Crippen LogP contribution in [-0.2, 0) is 16.0 Å². The molecule has 1 amide bonds. The van der Waals surface area contributed by atoms with Gasteiger partial charge in [0.15, 0.2) is 0 Å². The summed E-state index contributed by atoms with van der Waals surface area (Å²) in [6.45, 7) is 8.15. The van der Waals surface area contributed by atoms with E-state index in [0.29, 0.717) is 12.5 Å². The van der Waals surface area contributed by atoms with Crippen molar-refractivity contribution in [2.75, 3.05) is 20.2 Å². The Kier molecular flexibility index (Phi) is 5.00. The zero-order valence-electron chi connectivity index (χ0n) is 15.7. The fourth-order valence-electron chi connectivity index (χ4n) is 5.07. The molecule has 2 aliphatic rings. The molecule has 1 saturated carbocycles. The predicted octanol–water partition coefficient (Wildman–Crippen LogP) is 3.96. The van der Waals surface area contributed by atoms with Gasteiger partial charge in [0.2, 0.25) is 5.91 Å². The van der Waals surface area contributed by atoms with Gasteiger partial charge in [-0.05, 0) is 63.1 Å². The monoisotopic (exact) mass is 329 g/mol. The predicted molar refractivity (Wildman–Crippen MR) is 97.3 cm³/mol. The fraction of sp³-hybridized carbons (Fsp3) is 0.667. The maximum absolute atomic E-state index is 13.0. The Morgan fingerprint density at radius 3 is 2.54 bits per heavy atom. The van der Waals surface area contributed by atoms with Crippen LogP contribution < -0.4 is 0 Å². The van der Waals surface area contributed by atoms with Crippen LogP contribution in [-0.4, -0.2) is 37.1 Å². The van der Waals surface area contributed by atoms with E-state index in [1.807, 2.05) is 7.11 Å². The number of carbonyl (C=O) groups excluding carboxylic acids is 1. The van der Waals surface area contributed by atoms with E-state index in [1.165, 1.54) is 41.5 Å². The van der Waals surface area contributed by atoms with Crippen molar-refractivity contribution < 1.29 is 9.53 Å². The van der Waals surface area contributed by atoms with Gasteiger partial charge in [-0.3, -0.25) is 4.79 Å². The highest BCUT2D eigenvalue weighted by Gasteiger charge is 2.46. The molecule has 2 fully saturated rings. The molecular formula is C21H31NO2. The normalized spacial score (nSPS) is 27.0. The molecule has 0 N–H and O–H groups in total. The number of methoxy groups -OCH3 is 1. The lowest BCUT2D eigenvalue weighted by molar-refractivity contribution is -0.136. The Morgan fingerprint density at radius 1 is 1.21 bits per heavy atom. The third-order valence-electron chi connectivity index (χ3n) is 6.24. The van der Waals surface area contributed by atoms with Crippen molar-refractivity contribution in [1.82, 2.24) is 4.90 Å². The van der Waals surface area contributed by atoms with E-state index in [-0.39, 0.29) is 11.3 Å².